The van der Waals surface area contributed by atoms with Gasteiger partial charge in [0.05, 0.1) is 26.9 Å². The Morgan fingerprint density at radius 3 is 2.50 bits per heavy atom. The molecule has 6 nitrogen and oxygen atoms in total. The summed E-state index contributed by atoms with van der Waals surface area (Å²) < 4.78 is 10.6. The molecule has 6 heteroatoms. The second-order valence-corrected chi connectivity index (χ2v) is 7.19. The van der Waals surface area contributed by atoms with Gasteiger partial charge in [0, 0.05) is 38.1 Å². The fourth-order valence-electron chi connectivity index (χ4n) is 2.91. The van der Waals surface area contributed by atoms with Crippen molar-refractivity contribution in [2.24, 2.45) is 4.99 Å². The summed E-state index contributed by atoms with van der Waals surface area (Å²) >= 11 is 0. The molecule has 0 spiro atoms. The van der Waals surface area contributed by atoms with Crippen LogP contribution in [0.3, 0.4) is 0 Å². The minimum atomic E-state index is -0.0428. The third-order valence-electron chi connectivity index (χ3n) is 4.67. The number of hydrogen-bond donors (Lipinski definition) is 2. The summed E-state index contributed by atoms with van der Waals surface area (Å²) in [7, 11) is 1.69. The number of methoxy groups -OCH3 is 1. The Balaban J connectivity index is 1.88. The summed E-state index contributed by atoms with van der Waals surface area (Å²) in [5.41, 5.74) is 1.21. The largest absolute Gasteiger partial charge is 0.497 e. The summed E-state index contributed by atoms with van der Waals surface area (Å²) in [5, 5.41) is 6.78. The predicted octanol–water partition coefficient (Wildman–Crippen LogP) is 1.86. The molecular formula is C20H34N4O2. The average molecular weight is 363 g/mol. The van der Waals surface area contributed by atoms with Gasteiger partial charge in [0.1, 0.15) is 5.75 Å². The Kier molecular flexibility index (Phi) is 8.19. The SMILES string of the molecule is CCNC(=NCC(C)(C)c1ccc(OC)cc1)NCCN1CCOCC1. The lowest BCUT2D eigenvalue weighted by Crippen LogP contribution is -2.44. The number of benzene rings is 1. The van der Waals surface area contributed by atoms with Crippen LogP contribution in [0.2, 0.25) is 0 Å². The van der Waals surface area contributed by atoms with Gasteiger partial charge in [-0.05, 0) is 24.6 Å². The Morgan fingerprint density at radius 1 is 1.19 bits per heavy atom. The monoisotopic (exact) mass is 362 g/mol. The van der Waals surface area contributed by atoms with Crippen LogP contribution >= 0.6 is 0 Å². The number of hydrogen-bond acceptors (Lipinski definition) is 4. The molecule has 1 aromatic carbocycles. The number of rotatable bonds is 8. The molecule has 1 fully saturated rings. The van der Waals surface area contributed by atoms with Gasteiger partial charge in [-0.15, -0.1) is 0 Å². The Labute approximate surface area is 158 Å². The number of nitrogens with one attached hydrogen (secondary N) is 2. The van der Waals surface area contributed by atoms with Crippen molar-refractivity contribution in [3.63, 3.8) is 0 Å². The van der Waals surface area contributed by atoms with E-state index in [-0.39, 0.29) is 5.41 Å². The van der Waals surface area contributed by atoms with Gasteiger partial charge in [0.15, 0.2) is 5.96 Å². The molecule has 0 bridgehead atoms. The summed E-state index contributed by atoms with van der Waals surface area (Å²) in [6.45, 7) is 13.7. The average Bonchev–Trinajstić information content (AvgIpc) is 2.67. The third kappa shape index (κ3) is 6.50. The van der Waals surface area contributed by atoms with Crippen LogP contribution in [0.4, 0.5) is 0 Å². The predicted molar refractivity (Wildman–Crippen MR) is 107 cm³/mol. The highest BCUT2D eigenvalue weighted by atomic mass is 16.5. The van der Waals surface area contributed by atoms with Crippen LogP contribution < -0.4 is 15.4 Å². The number of nitrogens with zero attached hydrogens (tertiary/aromatic N) is 2. The fourth-order valence-corrected chi connectivity index (χ4v) is 2.91. The van der Waals surface area contributed by atoms with Crippen LogP contribution in [-0.4, -0.2) is 70.5 Å². The lowest BCUT2D eigenvalue weighted by atomic mass is 9.85. The lowest BCUT2D eigenvalue weighted by Gasteiger charge is -2.27. The topological polar surface area (TPSA) is 58.1 Å². The van der Waals surface area contributed by atoms with Gasteiger partial charge < -0.3 is 20.1 Å². The smallest absolute Gasteiger partial charge is 0.191 e. The van der Waals surface area contributed by atoms with Crippen LogP contribution in [0.15, 0.2) is 29.3 Å². The molecule has 0 aliphatic carbocycles. The third-order valence-corrected chi connectivity index (χ3v) is 4.67. The van der Waals surface area contributed by atoms with E-state index in [1.54, 1.807) is 7.11 Å². The second kappa shape index (κ2) is 10.4. The maximum absolute atomic E-state index is 5.39. The zero-order chi connectivity index (χ0) is 18.8. The second-order valence-electron chi connectivity index (χ2n) is 7.19. The first-order chi connectivity index (χ1) is 12.5. The maximum Gasteiger partial charge on any atom is 0.191 e. The standard InChI is InChI=1S/C20H34N4O2/c1-5-21-19(22-10-11-24-12-14-26-15-13-24)23-16-20(2,3)17-6-8-18(25-4)9-7-17/h6-9H,5,10-16H2,1-4H3,(H2,21,22,23). The van der Waals surface area contributed by atoms with Gasteiger partial charge in [0.2, 0.25) is 0 Å². The van der Waals surface area contributed by atoms with Crippen LogP contribution in [-0.2, 0) is 10.2 Å². The van der Waals surface area contributed by atoms with Gasteiger partial charge in [-0.1, -0.05) is 26.0 Å². The highest BCUT2D eigenvalue weighted by Gasteiger charge is 2.20. The van der Waals surface area contributed by atoms with E-state index in [2.05, 4.69) is 48.4 Å². The zero-order valence-electron chi connectivity index (χ0n) is 16.7. The molecule has 0 saturated carbocycles. The number of ether oxygens (including phenoxy) is 2. The van der Waals surface area contributed by atoms with Gasteiger partial charge in [-0.3, -0.25) is 9.89 Å². The Bertz CT molecular complexity index is 551. The molecular weight excluding hydrogens is 328 g/mol. The van der Waals surface area contributed by atoms with Crippen LogP contribution in [0.25, 0.3) is 0 Å². The minimum Gasteiger partial charge on any atom is -0.497 e. The fraction of sp³-hybridized carbons (Fsp3) is 0.650. The number of guanidine groups is 1. The molecule has 2 N–H and O–H groups in total. The molecule has 1 aliphatic heterocycles. The maximum atomic E-state index is 5.39. The van der Waals surface area contributed by atoms with Crippen molar-refractivity contribution in [2.75, 3.05) is 59.6 Å². The molecule has 0 amide bonds. The summed E-state index contributed by atoms with van der Waals surface area (Å²) in [4.78, 5) is 7.22. The van der Waals surface area contributed by atoms with Crippen molar-refractivity contribution in [2.45, 2.75) is 26.2 Å². The summed E-state index contributed by atoms with van der Waals surface area (Å²) in [6, 6.07) is 8.25. The van der Waals surface area contributed by atoms with Crippen molar-refractivity contribution in [1.82, 2.24) is 15.5 Å². The number of morpholine rings is 1. The highest BCUT2D eigenvalue weighted by molar-refractivity contribution is 5.79. The van der Waals surface area contributed by atoms with Gasteiger partial charge >= 0.3 is 0 Å². The van der Waals surface area contributed by atoms with Gasteiger partial charge in [-0.25, -0.2) is 0 Å². The molecule has 26 heavy (non-hydrogen) atoms. The van der Waals surface area contributed by atoms with E-state index in [9.17, 15) is 0 Å². The van der Waals surface area contributed by atoms with Crippen molar-refractivity contribution in [1.29, 1.82) is 0 Å². The molecule has 2 rings (SSSR count). The zero-order valence-corrected chi connectivity index (χ0v) is 16.7. The molecule has 146 valence electrons. The lowest BCUT2D eigenvalue weighted by molar-refractivity contribution is 0.0389. The molecule has 1 heterocycles. The Morgan fingerprint density at radius 2 is 1.88 bits per heavy atom. The molecule has 0 radical (unpaired) electrons. The molecule has 0 aromatic heterocycles. The van der Waals surface area contributed by atoms with Crippen molar-refractivity contribution >= 4 is 5.96 Å². The van der Waals surface area contributed by atoms with Crippen molar-refractivity contribution in [3.8, 4) is 5.75 Å². The molecule has 0 unspecified atom stereocenters. The van der Waals surface area contributed by atoms with Crippen LogP contribution in [0.5, 0.6) is 5.75 Å². The highest BCUT2D eigenvalue weighted by Crippen LogP contribution is 2.25. The molecule has 1 saturated heterocycles. The van der Waals surface area contributed by atoms with Crippen molar-refractivity contribution < 1.29 is 9.47 Å². The normalized spacial score (nSPS) is 16.4. The Hall–Kier alpha value is -1.79. The van der Waals surface area contributed by atoms with E-state index in [1.807, 2.05) is 12.1 Å². The first kappa shape index (κ1) is 20.5. The van der Waals surface area contributed by atoms with E-state index >= 15 is 0 Å². The molecule has 0 atom stereocenters. The first-order valence-corrected chi connectivity index (χ1v) is 9.52. The summed E-state index contributed by atoms with van der Waals surface area (Å²) in [5.74, 6) is 1.76. The van der Waals surface area contributed by atoms with E-state index in [0.29, 0.717) is 6.54 Å². The van der Waals surface area contributed by atoms with E-state index < -0.39 is 0 Å². The van der Waals surface area contributed by atoms with Gasteiger partial charge in [-0.2, -0.15) is 0 Å². The number of aliphatic imine (C=N–C) groups is 1. The van der Waals surface area contributed by atoms with Gasteiger partial charge in [0.25, 0.3) is 0 Å². The van der Waals surface area contributed by atoms with Crippen LogP contribution in [0, 0.1) is 0 Å². The minimum absolute atomic E-state index is 0.0428. The molecule has 1 aliphatic rings. The molecule has 1 aromatic rings. The van der Waals surface area contributed by atoms with E-state index in [1.165, 1.54) is 5.56 Å². The summed E-state index contributed by atoms with van der Waals surface area (Å²) in [6.07, 6.45) is 0. The van der Waals surface area contributed by atoms with E-state index in [0.717, 1.165) is 57.6 Å². The quantitative estimate of drug-likeness (QED) is 0.546. The van der Waals surface area contributed by atoms with E-state index in [4.69, 9.17) is 14.5 Å². The van der Waals surface area contributed by atoms with Crippen LogP contribution in [0.1, 0.15) is 26.3 Å². The van der Waals surface area contributed by atoms with Crippen molar-refractivity contribution in [3.05, 3.63) is 29.8 Å². The first-order valence-electron chi connectivity index (χ1n) is 9.52.